The molecule has 0 radical (unpaired) electrons. The predicted octanol–water partition coefficient (Wildman–Crippen LogP) is 7.78. The second-order valence-corrected chi connectivity index (χ2v) is 13.2. The number of carboxylic acids is 1. The molecule has 0 bridgehead atoms. The van der Waals surface area contributed by atoms with Crippen molar-refractivity contribution in [2.75, 3.05) is 12.0 Å². The number of carbonyl (C=O) groups is 2. The number of carbonyl (C=O) groups excluding carboxylic acids is 1. The monoisotopic (exact) mass is 587 g/mol. The molecule has 2 aliphatic rings. The minimum atomic E-state index is -1.00. The number of aryl methyl sites for hydroxylation is 1. The molecule has 2 aromatic carbocycles. The molecule has 2 saturated carbocycles. The molecule has 2 fully saturated rings. The van der Waals surface area contributed by atoms with Crippen LogP contribution in [0, 0.1) is 18.8 Å². The summed E-state index contributed by atoms with van der Waals surface area (Å²) >= 11 is 1.57. The van der Waals surface area contributed by atoms with E-state index in [0.29, 0.717) is 24.3 Å². The maximum absolute atomic E-state index is 13.4. The van der Waals surface area contributed by atoms with E-state index >= 15 is 0 Å². The van der Waals surface area contributed by atoms with E-state index in [4.69, 9.17) is 4.74 Å². The van der Waals surface area contributed by atoms with Crippen molar-refractivity contribution in [2.45, 2.75) is 109 Å². The van der Waals surface area contributed by atoms with Crippen molar-refractivity contribution in [1.82, 2.24) is 5.32 Å². The van der Waals surface area contributed by atoms with Crippen molar-refractivity contribution in [2.24, 2.45) is 11.8 Å². The van der Waals surface area contributed by atoms with Crippen molar-refractivity contribution in [3.8, 4) is 11.1 Å². The van der Waals surface area contributed by atoms with Crippen LogP contribution in [0.2, 0.25) is 0 Å². The van der Waals surface area contributed by atoms with Gasteiger partial charge in [-0.2, -0.15) is 11.8 Å². The van der Waals surface area contributed by atoms with Crippen molar-refractivity contribution in [3.63, 3.8) is 0 Å². The molecule has 2 aliphatic carbocycles. The number of rotatable bonds is 14. The Balaban J connectivity index is 0.00000484. The Morgan fingerprint density at radius 1 is 0.929 bits per heavy atom. The molecule has 0 heterocycles. The van der Waals surface area contributed by atoms with Crippen LogP contribution in [0.1, 0.15) is 105 Å². The fourth-order valence-electron chi connectivity index (χ4n) is 6.74. The van der Waals surface area contributed by atoms with Crippen molar-refractivity contribution >= 4 is 42.5 Å². The molecule has 226 valence electrons. The van der Waals surface area contributed by atoms with Gasteiger partial charge in [-0.05, 0) is 84.4 Å². The Bertz CT molecular complexity index is 1110. The van der Waals surface area contributed by atoms with Gasteiger partial charge in [-0.1, -0.05) is 94.5 Å². The van der Waals surface area contributed by atoms with E-state index in [0.717, 1.165) is 46.9 Å². The average Bonchev–Trinajstić information content (AvgIpc) is 2.99. The standard InChI is InChI=1S/C35H49NO4S.Li.H/c1-25-11-9-10-16-30(25)32-23-28(17-18-31(32)34(37)36-33(35(38)39)19-20-41-2)24-40-29(21-26-12-5-3-6-13-26)22-27-14-7-4-8-15-27;;/h9-11,16-18,23,26-27,29,33H,3-8,12-15,19-22,24H2,1-2H3,(H,36,37)(H,38,39);;. The molecule has 4 rings (SSSR count). The van der Waals surface area contributed by atoms with Gasteiger partial charge in [0.1, 0.15) is 6.04 Å². The van der Waals surface area contributed by atoms with Gasteiger partial charge in [-0.3, -0.25) is 4.79 Å². The van der Waals surface area contributed by atoms with Crippen molar-refractivity contribution in [3.05, 3.63) is 59.2 Å². The first-order chi connectivity index (χ1) is 19.9. The van der Waals surface area contributed by atoms with Crippen molar-refractivity contribution < 1.29 is 19.4 Å². The molecule has 2 aromatic rings. The van der Waals surface area contributed by atoms with Gasteiger partial charge in [-0.15, -0.1) is 0 Å². The van der Waals surface area contributed by atoms with E-state index in [1.807, 2.05) is 49.6 Å². The van der Waals surface area contributed by atoms with Crippen LogP contribution >= 0.6 is 11.8 Å². The van der Waals surface area contributed by atoms with E-state index < -0.39 is 12.0 Å². The normalized spacial score (nSPS) is 17.0. The summed E-state index contributed by atoms with van der Waals surface area (Å²) in [6, 6.07) is 13.0. The number of hydrogen-bond acceptors (Lipinski definition) is 4. The second-order valence-electron chi connectivity index (χ2n) is 12.3. The minimum absolute atomic E-state index is 0. The summed E-state index contributed by atoms with van der Waals surface area (Å²) in [6.45, 7) is 2.57. The topological polar surface area (TPSA) is 75.6 Å². The zero-order valence-electron chi connectivity index (χ0n) is 25.0. The Hall–Kier alpha value is -1.71. The number of benzene rings is 2. The Morgan fingerprint density at radius 3 is 2.12 bits per heavy atom. The number of carboxylic acid groups (broad SMARTS) is 1. The van der Waals surface area contributed by atoms with E-state index in [1.165, 1.54) is 64.2 Å². The van der Waals surface area contributed by atoms with Gasteiger partial charge in [-0.25, -0.2) is 4.79 Å². The third-order valence-corrected chi connectivity index (χ3v) is 9.75. The van der Waals surface area contributed by atoms with E-state index in [-0.39, 0.29) is 30.9 Å². The third-order valence-electron chi connectivity index (χ3n) is 9.11. The van der Waals surface area contributed by atoms with E-state index in [2.05, 4.69) is 11.4 Å². The zero-order chi connectivity index (χ0) is 29.0. The first-order valence-corrected chi connectivity index (χ1v) is 17.2. The molecular formula is C35H50LiNO4S. The molecule has 0 aliphatic heterocycles. The fourth-order valence-corrected chi connectivity index (χ4v) is 7.21. The molecule has 2 N–H and O–H groups in total. The number of thioether (sulfide) groups is 1. The second kappa shape index (κ2) is 18.2. The molecule has 42 heavy (non-hydrogen) atoms. The number of ether oxygens (including phenoxy) is 1. The van der Waals surface area contributed by atoms with Crippen LogP contribution in [0.4, 0.5) is 0 Å². The van der Waals surface area contributed by atoms with Gasteiger partial charge in [0.15, 0.2) is 0 Å². The summed E-state index contributed by atoms with van der Waals surface area (Å²) in [6.07, 6.45) is 18.4. The molecule has 0 spiro atoms. The number of aliphatic carboxylic acids is 1. The molecule has 5 nitrogen and oxygen atoms in total. The molecule has 0 aromatic heterocycles. The van der Waals surface area contributed by atoms with Gasteiger partial charge in [0.2, 0.25) is 0 Å². The number of nitrogens with one attached hydrogen (secondary N) is 1. The fraction of sp³-hybridized carbons (Fsp3) is 0.600. The van der Waals surface area contributed by atoms with Gasteiger partial charge in [0, 0.05) is 5.56 Å². The van der Waals surface area contributed by atoms with Crippen LogP contribution in [-0.4, -0.2) is 60.0 Å². The Labute approximate surface area is 269 Å². The van der Waals surface area contributed by atoms with Crippen LogP contribution in [0.15, 0.2) is 42.5 Å². The summed E-state index contributed by atoms with van der Waals surface area (Å²) in [5, 5.41) is 12.5. The summed E-state index contributed by atoms with van der Waals surface area (Å²) in [4.78, 5) is 25.3. The third kappa shape index (κ3) is 10.5. The molecule has 1 unspecified atom stereocenters. The average molecular weight is 588 g/mol. The molecule has 0 saturated heterocycles. The molecule has 7 heteroatoms. The molecule has 1 atom stereocenters. The summed E-state index contributed by atoms with van der Waals surface area (Å²) in [7, 11) is 0. The van der Waals surface area contributed by atoms with Crippen LogP contribution in [0.25, 0.3) is 11.1 Å². The first kappa shape index (κ1) is 34.8. The van der Waals surface area contributed by atoms with E-state index in [9.17, 15) is 14.7 Å². The first-order valence-electron chi connectivity index (χ1n) is 15.8. The van der Waals surface area contributed by atoms with Crippen molar-refractivity contribution in [1.29, 1.82) is 0 Å². The predicted molar refractivity (Wildman–Crippen MR) is 177 cm³/mol. The van der Waals surface area contributed by atoms with E-state index in [1.54, 1.807) is 11.8 Å². The van der Waals surface area contributed by atoms with Crippen LogP contribution in [0.5, 0.6) is 0 Å². The van der Waals surface area contributed by atoms with Crippen LogP contribution in [0.3, 0.4) is 0 Å². The Morgan fingerprint density at radius 2 is 1.55 bits per heavy atom. The van der Waals surface area contributed by atoms with Gasteiger partial charge in [0.25, 0.3) is 5.91 Å². The van der Waals surface area contributed by atoms with Gasteiger partial charge >= 0.3 is 24.8 Å². The SMILES string of the molecule is CSCCC(NC(=O)c1ccc(COC(CC2CCCCC2)CC2CCCCC2)cc1-c1ccccc1C)C(=O)O.[LiH]. The quantitative estimate of drug-likeness (QED) is 0.221. The van der Waals surface area contributed by atoms with Crippen LogP contribution in [-0.2, 0) is 16.1 Å². The van der Waals surface area contributed by atoms with Crippen LogP contribution < -0.4 is 5.32 Å². The summed E-state index contributed by atoms with van der Waals surface area (Å²) < 4.78 is 6.71. The molecule has 1 amide bonds. The maximum atomic E-state index is 13.4. The molecular weight excluding hydrogens is 537 g/mol. The Kier molecular flexibility index (Phi) is 15.1. The summed E-state index contributed by atoms with van der Waals surface area (Å²) in [5.74, 6) is 0.869. The zero-order valence-corrected chi connectivity index (χ0v) is 25.9. The van der Waals surface area contributed by atoms with Gasteiger partial charge in [0.05, 0.1) is 12.7 Å². The summed E-state index contributed by atoms with van der Waals surface area (Å²) in [5.41, 5.74) is 4.43. The number of hydrogen-bond donors (Lipinski definition) is 2. The van der Waals surface area contributed by atoms with Gasteiger partial charge < -0.3 is 15.2 Å². The number of amides is 1.